The number of carbonyl (C=O) groups is 2. The highest BCUT2D eigenvalue weighted by molar-refractivity contribution is 6.21. The molecule has 7 heteroatoms. The standard InChI is InChI=1S/C15H14N4O3/c20-14-12-4-3-10(18-8-16-17-9-18)6-13(12)15(21)19(14)7-11-2-1-5-22-11/h3-4,6,8-9,11H,1-2,5,7H2. The van der Waals surface area contributed by atoms with E-state index < -0.39 is 0 Å². The summed E-state index contributed by atoms with van der Waals surface area (Å²) < 4.78 is 7.22. The molecule has 0 N–H and O–H groups in total. The zero-order chi connectivity index (χ0) is 15.1. The van der Waals surface area contributed by atoms with Gasteiger partial charge in [0.1, 0.15) is 12.7 Å². The van der Waals surface area contributed by atoms with Crippen molar-refractivity contribution in [2.24, 2.45) is 0 Å². The summed E-state index contributed by atoms with van der Waals surface area (Å²) in [6.45, 7) is 1.03. The SMILES string of the molecule is O=C1c2ccc(-n3cnnc3)cc2C(=O)N1CC1CCCO1. The van der Waals surface area contributed by atoms with Gasteiger partial charge in [-0.15, -0.1) is 10.2 Å². The molecule has 3 heterocycles. The number of hydrogen-bond donors (Lipinski definition) is 0. The van der Waals surface area contributed by atoms with E-state index in [0.717, 1.165) is 18.5 Å². The molecule has 0 radical (unpaired) electrons. The lowest BCUT2D eigenvalue weighted by molar-refractivity contribution is 0.0475. The highest BCUT2D eigenvalue weighted by atomic mass is 16.5. The normalized spacial score (nSPS) is 20.7. The number of carbonyl (C=O) groups excluding carboxylic acids is 2. The summed E-state index contributed by atoms with van der Waals surface area (Å²) in [5, 5.41) is 7.49. The molecule has 1 aromatic heterocycles. The molecule has 2 aliphatic rings. The van der Waals surface area contributed by atoms with E-state index in [2.05, 4.69) is 10.2 Å². The predicted molar refractivity (Wildman–Crippen MR) is 75.7 cm³/mol. The van der Waals surface area contributed by atoms with Crippen LogP contribution in [0.15, 0.2) is 30.9 Å². The van der Waals surface area contributed by atoms with Crippen molar-refractivity contribution in [1.82, 2.24) is 19.7 Å². The monoisotopic (exact) mass is 298 g/mol. The maximum Gasteiger partial charge on any atom is 0.261 e. The van der Waals surface area contributed by atoms with Crippen molar-refractivity contribution in [1.29, 1.82) is 0 Å². The minimum Gasteiger partial charge on any atom is -0.376 e. The smallest absolute Gasteiger partial charge is 0.261 e. The first-order valence-corrected chi connectivity index (χ1v) is 7.21. The Morgan fingerprint density at radius 2 is 1.91 bits per heavy atom. The molecule has 0 aliphatic carbocycles. The van der Waals surface area contributed by atoms with Crippen molar-refractivity contribution in [2.75, 3.05) is 13.2 Å². The number of fused-ring (bicyclic) bond motifs is 1. The Morgan fingerprint density at radius 3 is 2.64 bits per heavy atom. The lowest BCUT2D eigenvalue weighted by Crippen LogP contribution is -2.36. The minimum atomic E-state index is -0.259. The number of ether oxygens (including phenoxy) is 1. The van der Waals surface area contributed by atoms with Crippen LogP contribution in [0.2, 0.25) is 0 Å². The second kappa shape index (κ2) is 5.03. The molecular weight excluding hydrogens is 284 g/mol. The lowest BCUT2D eigenvalue weighted by atomic mass is 10.1. The van der Waals surface area contributed by atoms with Gasteiger partial charge in [0.15, 0.2) is 0 Å². The zero-order valence-corrected chi connectivity index (χ0v) is 11.8. The summed E-state index contributed by atoms with van der Waals surface area (Å²) in [6, 6.07) is 5.16. The first kappa shape index (κ1) is 13.1. The van der Waals surface area contributed by atoms with Crippen LogP contribution in [-0.2, 0) is 4.74 Å². The predicted octanol–water partition coefficient (Wildman–Crippen LogP) is 1.04. The number of amides is 2. The summed E-state index contributed by atoms with van der Waals surface area (Å²) in [7, 11) is 0. The summed E-state index contributed by atoms with van der Waals surface area (Å²) in [5.74, 6) is -0.503. The van der Waals surface area contributed by atoms with Crippen LogP contribution < -0.4 is 0 Å². The van der Waals surface area contributed by atoms with Gasteiger partial charge in [-0.05, 0) is 31.0 Å². The first-order valence-electron chi connectivity index (χ1n) is 7.21. The van der Waals surface area contributed by atoms with Crippen molar-refractivity contribution in [3.05, 3.63) is 42.0 Å². The average Bonchev–Trinajstić information content (AvgIpc) is 3.26. The van der Waals surface area contributed by atoms with Crippen molar-refractivity contribution in [2.45, 2.75) is 18.9 Å². The van der Waals surface area contributed by atoms with Gasteiger partial charge < -0.3 is 4.74 Å². The van der Waals surface area contributed by atoms with E-state index in [1.165, 1.54) is 4.90 Å². The van der Waals surface area contributed by atoms with Crippen LogP contribution in [0.25, 0.3) is 5.69 Å². The Balaban J connectivity index is 1.65. The van der Waals surface area contributed by atoms with Crippen molar-refractivity contribution >= 4 is 11.8 Å². The zero-order valence-electron chi connectivity index (χ0n) is 11.8. The third-order valence-corrected chi connectivity index (χ3v) is 4.08. The highest BCUT2D eigenvalue weighted by Crippen LogP contribution is 2.26. The third kappa shape index (κ3) is 2.01. The van der Waals surface area contributed by atoms with Crippen LogP contribution in [0.1, 0.15) is 33.6 Å². The Kier molecular flexibility index (Phi) is 3.00. The van der Waals surface area contributed by atoms with E-state index in [0.29, 0.717) is 24.3 Å². The number of imide groups is 1. The fraction of sp³-hybridized carbons (Fsp3) is 0.333. The molecule has 22 heavy (non-hydrogen) atoms. The molecule has 7 nitrogen and oxygen atoms in total. The van der Waals surface area contributed by atoms with Gasteiger partial charge in [0.2, 0.25) is 0 Å². The molecule has 1 atom stereocenters. The van der Waals surface area contributed by atoms with Crippen molar-refractivity contribution in [3.63, 3.8) is 0 Å². The average molecular weight is 298 g/mol. The molecule has 1 unspecified atom stereocenters. The minimum absolute atomic E-state index is 0.0421. The van der Waals surface area contributed by atoms with Crippen LogP contribution in [-0.4, -0.2) is 50.7 Å². The van der Waals surface area contributed by atoms with E-state index in [1.54, 1.807) is 35.4 Å². The molecule has 1 fully saturated rings. The maximum atomic E-state index is 12.5. The van der Waals surface area contributed by atoms with E-state index in [9.17, 15) is 9.59 Å². The van der Waals surface area contributed by atoms with Crippen LogP contribution in [0.3, 0.4) is 0 Å². The Labute approximate surface area is 126 Å². The topological polar surface area (TPSA) is 77.3 Å². The lowest BCUT2D eigenvalue weighted by Gasteiger charge is -2.17. The molecular formula is C15H14N4O3. The van der Waals surface area contributed by atoms with Gasteiger partial charge in [0.05, 0.1) is 23.8 Å². The van der Waals surface area contributed by atoms with E-state index in [-0.39, 0.29) is 17.9 Å². The second-order valence-electron chi connectivity index (χ2n) is 5.45. The summed E-state index contributed by atoms with van der Waals surface area (Å²) in [6.07, 6.45) is 4.92. The summed E-state index contributed by atoms with van der Waals surface area (Å²) in [5.41, 5.74) is 1.62. The van der Waals surface area contributed by atoms with Crippen LogP contribution in [0.5, 0.6) is 0 Å². The number of aromatic nitrogens is 3. The van der Waals surface area contributed by atoms with E-state index in [4.69, 9.17) is 4.74 Å². The van der Waals surface area contributed by atoms with Crippen molar-refractivity contribution < 1.29 is 14.3 Å². The maximum absolute atomic E-state index is 12.5. The van der Waals surface area contributed by atoms with Gasteiger partial charge in [-0.3, -0.25) is 19.1 Å². The van der Waals surface area contributed by atoms with E-state index >= 15 is 0 Å². The Morgan fingerprint density at radius 1 is 1.14 bits per heavy atom. The highest BCUT2D eigenvalue weighted by Gasteiger charge is 2.37. The Bertz CT molecular complexity index is 735. The summed E-state index contributed by atoms with van der Waals surface area (Å²) in [4.78, 5) is 26.2. The largest absolute Gasteiger partial charge is 0.376 e. The first-order chi connectivity index (χ1) is 10.7. The molecule has 0 bridgehead atoms. The second-order valence-corrected chi connectivity index (χ2v) is 5.45. The molecule has 1 saturated heterocycles. The quantitative estimate of drug-likeness (QED) is 0.791. The fourth-order valence-electron chi connectivity index (χ4n) is 2.93. The van der Waals surface area contributed by atoms with Crippen LogP contribution in [0.4, 0.5) is 0 Å². The van der Waals surface area contributed by atoms with E-state index in [1.807, 2.05) is 0 Å². The fourth-order valence-corrected chi connectivity index (χ4v) is 2.93. The van der Waals surface area contributed by atoms with Gasteiger partial charge in [0, 0.05) is 12.3 Å². The number of benzene rings is 1. The van der Waals surface area contributed by atoms with Gasteiger partial charge in [-0.2, -0.15) is 0 Å². The van der Waals surface area contributed by atoms with Gasteiger partial charge in [-0.1, -0.05) is 0 Å². The molecule has 2 aromatic rings. The third-order valence-electron chi connectivity index (χ3n) is 4.08. The molecule has 4 rings (SSSR count). The number of rotatable bonds is 3. The van der Waals surface area contributed by atoms with Gasteiger partial charge in [-0.25, -0.2) is 0 Å². The van der Waals surface area contributed by atoms with Crippen LogP contribution >= 0.6 is 0 Å². The molecule has 0 spiro atoms. The molecule has 1 aromatic carbocycles. The Hall–Kier alpha value is -2.54. The van der Waals surface area contributed by atoms with Gasteiger partial charge >= 0.3 is 0 Å². The summed E-state index contributed by atoms with van der Waals surface area (Å²) >= 11 is 0. The van der Waals surface area contributed by atoms with Gasteiger partial charge in [0.25, 0.3) is 11.8 Å². The molecule has 112 valence electrons. The molecule has 0 saturated carbocycles. The molecule has 2 aliphatic heterocycles. The molecule has 2 amide bonds. The van der Waals surface area contributed by atoms with Crippen LogP contribution in [0, 0.1) is 0 Å². The number of hydrogen-bond acceptors (Lipinski definition) is 5. The number of nitrogens with zero attached hydrogens (tertiary/aromatic N) is 4. The van der Waals surface area contributed by atoms with Crippen molar-refractivity contribution in [3.8, 4) is 5.69 Å².